The van der Waals surface area contributed by atoms with Gasteiger partial charge < -0.3 is 5.73 Å². The second-order valence-corrected chi connectivity index (χ2v) is 5.29. The van der Waals surface area contributed by atoms with Crippen LogP contribution in [-0.2, 0) is 5.41 Å². The lowest BCUT2D eigenvalue weighted by Crippen LogP contribution is -2.15. The lowest BCUT2D eigenvalue weighted by molar-refractivity contribution is 0.587. The van der Waals surface area contributed by atoms with Crippen LogP contribution in [0.25, 0.3) is 0 Å². The van der Waals surface area contributed by atoms with E-state index in [-0.39, 0.29) is 11.5 Å². The van der Waals surface area contributed by atoms with Crippen molar-refractivity contribution in [2.24, 2.45) is 5.73 Å². The number of rotatable bonds is 2. The van der Waals surface area contributed by atoms with Crippen molar-refractivity contribution in [1.29, 1.82) is 5.26 Å². The molecule has 0 amide bonds. The Bertz CT molecular complexity index is 408. The standard InChI is InChI=1S/C14H20N2/c1-10-5-6-11(14(2,3)4)9-12(10)13(16)7-8-15/h5-6,9,13H,7,16H2,1-4H3. The Morgan fingerprint density at radius 1 is 1.38 bits per heavy atom. The highest BCUT2D eigenvalue weighted by molar-refractivity contribution is 5.36. The molecule has 1 aromatic rings. The molecule has 16 heavy (non-hydrogen) atoms. The zero-order valence-electron chi connectivity index (χ0n) is 10.5. The molecule has 0 heterocycles. The first-order valence-corrected chi connectivity index (χ1v) is 5.60. The molecule has 0 saturated heterocycles. The zero-order chi connectivity index (χ0) is 12.3. The van der Waals surface area contributed by atoms with Gasteiger partial charge >= 0.3 is 0 Å². The van der Waals surface area contributed by atoms with Crippen molar-refractivity contribution in [1.82, 2.24) is 0 Å². The topological polar surface area (TPSA) is 49.8 Å². The van der Waals surface area contributed by atoms with Crippen LogP contribution < -0.4 is 5.73 Å². The average molecular weight is 216 g/mol. The van der Waals surface area contributed by atoms with Crippen LogP contribution in [-0.4, -0.2) is 0 Å². The van der Waals surface area contributed by atoms with Crippen molar-refractivity contribution in [2.75, 3.05) is 0 Å². The number of nitrogens with zero attached hydrogens (tertiary/aromatic N) is 1. The molecular weight excluding hydrogens is 196 g/mol. The molecule has 0 aromatic heterocycles. The van der Waals surface area contributed by atoms with Gasteiger partial charge in [-0.05, 0) is 29.0 Å². The van der Waals surface area contributed by atoms with Gasteiger partial charge in [0, 0.05) is 6.04 Å². The van der Waals surface area contributed by atoms with Crippen molar-refractivity contribution in [3.05, 3.63) is 34.9 Å². The van der Waals surface area contributed by atoms with Gasteiger partial charge in [-0.15, -0.1) is 0 Å². The van der Waals surface area contributed by atoms with Crippen LogP contribution in [0.15, 0.2) is 18.2 Å². The highest BCUT2D eigenvalue weighted by Gasteiger charge is 2.16. The molecule has 0 aliphatic heterocycles. The third-order valence-electron chi connectivity index (χ3n) is 2.86. The molecule has 0 aliphatic carbocycles. The van der Waals surface area contributed by atoms with Crippen LogP contribution in [0.2, 0.25) is 0 Å². The summed E-state index contributed by atoms with van der Waals surface area (Å²) in [5.74, 6) is 0. The molecule has 0 radical (unpaired) electrons. The molecule has 2 heteroatoms. The van der Waals surface area contributed by atoms with Crippen LogP contribution >= 0.6 is 0 Å². The molecular formula is C14H20N2. The summed E-state index contributed by atoms with van der Waals surface area (Å²) in [5.41, 5.74) is 9.64. The highest BCUT2D eigenvalue weighted by Crippen LogP contribution is 2.27. The van der Waals surface area contributed by atoms with E-state index < -0.39 is 0 Å². The van der Waals surface area contributed by atoms with Crippen LogP contribution in [0.4, 0.5) is 0 Å². The van der Waals surface area contributed by atoms with E-state index in [0.717, 1.165) is 11.1 Å². The zero-order valence-corrected chi connectivity index (χ0v) is 10.5. The number of nitrogens with two attached hydrogens (primary N) is 1. The lowest BCUT2D eigenvalue weighted by atomic mass is 9.84. The predicted octanol–water partition coefficient (Wildman–Crippen LogP) is 3.21. The SMILES string of the molecule is Cc1ccc(C(C)(C)C)cc1C(N)CC#N. The predicted molar refractivity (Wildman–Crippen MR) is 67.0 cm³/mol. The van der Waals surface area contributed by atoms with Crippen LogP contribution in [0.3, 0.4) is 0 Å². The summed E-state index contributed by atoms with van der Waals surface area (Å²) in [5, 5.41) is 8.69. The molecule has 0 spiro atoms. The van der Waals surface area contributed by atoms with E-state index in [9.17, 15) is 0 Å². The summed E-state index contributed by atoms with van der Waals surface area (Å²) < 4.78 is 0. The first-order valence-electron chi connectivity index (χ1n) is 5.60. The van der Waals surface area contributed by atoms with E-state index >= 15 is 0 Å². The van der Waals surface area contributed by atoms with E-state index in [2.05, 4.69) is 45.0 Å². The number of hydrogen-bond acceptors (Lipinski definition) is 2. The fourth-order valence-corrected chi connectivity index (χ4v) is 1.71. The average Bonchev–Trinajstić information content (AvgIpc) is 2.16. The molecule has 0 bridgehead atoms. The van der Waals surface area contributed by atoms with Gasteiger partial charge in [-0.25, -0.2) is 0 Å². The van der Waals surface area contributed by atoms with Crippen molar-refractivity contribution < 1.29 is 0 Å². The second-order valence-electron chi connectivity index (χ2n) is 5.29. The Hall–Kier alpha value is -1.33. The Morgan fingerprint density at radius 2 is 2.00 bits per heavy atom. The highest BCUT2D eigenvalue weighted by atomic mass is 14.6. The molecule has 0 fully saturated rings. The molecule has 0 saturated carbocycles. The van der Waals surface area contributed by atoms with E-state index in [1.54, 1.807) is 0 Å². The van der Waals surface area contributed by atoms with Crippen LogP contribution in [0.5, 0.6) is 0 Å². The lowest BCUT2D eigenvalue weighted by Gasteiger charge is -2.22. The quantitative estimate of drug-likeness (QED) is 0.825. The Morgan fingerprint density at radius 3 is 2.50 bits per heavy atom. The Labute approximate surface area is 98.1 Å². The number of nitriles is 1. The maximum atomic E-state index is 8.69. The third-order valence-corrected chi connectivity index (χ3v) is 2.86. The van der Waals surface area contributed by atoms with Crippen molar-refractivity contribution in [2.45, 2.75) is 45.6 Å². The maximum Gasteiger partial charge on any atom is 0.0641 e. The monoisotopic (exact) mass is 216 g/mol. The van der Waals surface area contributed by atoms with Gasteiger partial charge in [-0.3, -0.25) is 0 Å². The van der Waals surface area contributed by atoms with Gasteiger partial charge in [0.15, 0.2) is 0 Å². The van der Waals surface area contributed by atoms with Gasteiger partial charge in [0.2, 0.25) is 0 Å². The number of benzene rings is 1. The Balaban J connectivity index is 3.15. The number of aryl methyl sites for hydroxylation is 1. The minimum absolute atomic E-state index is 0.120. The van der Waals surface area contributed by atoms with Crippen LogP contribution in [0.1, 0.15) is 49.9 Å². The molecule has 1 unspecified atom stereocenters. The summed E-state index contributed by atoms with van der Waals surface area (Å²) >= 11 is 0. The maximum absolute atomic E-state index is 8.69. The smallest absolute Gasteiger partial charge is 0.0641 e. The molecule has 86 valence electrons. The molecule has 1 atom stereocenters. The summed E-state index contributed by atoms with van der Waals surface area (Å²) in [6.45, 7) is 8.57. The summed E-state index contributed by atoms with van der Waals surface area (Å²) in [6, 6.07) is 8.32. The van der Waals surface area contributed by atoms with Crippen molar-refractivity contribution >= 4 is 0 Å². The summed E-state index contributed by atoms with van der Waals surface area (Å²) in [4.78, 5) is 0. The largest absolute Gasteiger partial charge is 0.323 e. The first kappa shape index (κ1) is 12.7. The van der Waals surface area contributed by atoms with Gasteiger partial charge in [-0.2, -0.15) is 5.26 Å². The van der Waals surface area contributed by atoms with Crippen molar-refractivity contribution in [3.63, 3.8) is 0 Å². The van der Waals surface area contributed by atoms with E-state index in [1.807, 2.05) is 6.92 Å². The van der Waals surface area contributed by atoms with Gasteiger partial charge in [-0.1, -0.05) is 39.0 Å². The minimum Gasteiger partial charge on any atom is -0.323 e. The van der Waals surface area contributed by atoms with E-state index in [4.69, 9.17) is 11.0 Å². The van der Waals surface area contributed by atoms with Gasteiger partial charge in [0.1, 0.15) is 0 Å². The number of hydrogen-bond donors (Lipinski definition) is 1. The molecule has 1 aromatic carbocycles. The molecule has 0 aliphatic rings. The van der Waals surface area contributed by atoms with Gasteiger partial charge in [0.05, 0.1) is 12.5 Å². The first-order chi connectivity index (χ1) is 7.36. The van der Waals surface area contributed by atoms with E-state index in [1.165, 1.54) is 5.56 Å². The van der Waals surface area contributed by atoms with E-state index in [0.29, 0.717) is 6.42 Å². The summed E-state index contributed by atoms with van der Waals surface area (Å²) in [7, 11) is 0. The molecule has 2 nitrogen and oxygen atoms in total. The van der Waals surface area contributed by atoms with Crippen molar-refractivity contribution in [3.8, 4) is 6.07 Å². The molecule has 1 rings (SSSR count). The Kier molecular flexibility index (Phi) is 3.72. The fourth-order valence-electron chi connectivity index (χ4n) is 1.71. The summed E-state index contributed by atoms with van der Waals surface area (Å²) in [6.07, 6.45) is 0.369. The second kappa shape index (κ2) is 4.67. The van der Waals surface area contributed by atoms with Crippen LogP contribution in [0, 0.1) is 18.3 Å². The van der Waals surface area contributed by atoms with Gasteiger partial charge in [0.25, 0.3) is 0 Å². The third kappa shape index (κ3) is 2.84. The minimum atomic E-state index is -0.174. The molecule has 2 N–H and O–H groups in total. The normalized spacial score (nSPS) is 13.2. The fraction of sp³-hybridized carbons (Fsp3) is 0.500.